The molecule has 0 aliphatic carbocycles. The quantitative estimate of drug-likeness (QED) is 0.922. The van der Waals surface area contributed by atoms with Crippen molar-refractivity contribution in [2.45, 2.75) is 12.3 Å². The fraction of sp³-hybridized carbons (Fsp3) is 0.294. The number of hydrogen-bond donors (Lipinski definition) is 1. The SMILES string of the molecule is COc1ccc(OC)c(CC2CNc3ccccc32)c1. The van der Waals surface area contributed by atoms with Gasteiger partial charge in [0.2, 0.25) is 0 Å². The van der Waals surface area contributed by atoms with Gasteiger partial charge in [-0.2, -0.15) is 0 Å². The van der Waals surface area contributed by atoms with E-state index in [4.69, 9.17) is 9.47 Å². The Balaban J connectivity index is 1.88. The number of ether oxygens (including phenoxy) is 2. The van der Waals surface area contributed by atoms with E-state index in [1.54, 1.807) is 14.2 Å². The van der Waals surface area contributed by atoms with Gasteiger partial charge >= 0.3 is 0 Å². The van der Waals surface area contributed by atoms with E-state index in [2.05, 4.69) is 35.6 Å². The number of hydrogen-bond acceptors (Lipinski definition) is 3. The molecule has 0 spiro atoms. The average molecular weight is 269 g/mol. The lowest BCUT2D eigenvalue weighted by molar-refractivity contribution is 0.397. The van der Waals surface area contributed by atoms with Gasteiger partial charge in [-0.25, -0.2) is 0 Å². The van der Waals surface area contributed by atoms with Crippen LogP contribution >= 0.6 is 0 Å². The standard InChI is InChI=1S/C17H19NO2/c1-19-14-7-8-17(20-2)12(10-14)9-13-11-18-16-6-4-3-5-15(13)16/h3-8,10,13,18H,9,11H2,1-2H3. The van der Waals surface area contributed by atoms with E-state index in [1.165, 1.54) is 16.8 Å². The van der Waals surface area contributed by atoms with Gasteiger partial charge in [0, 0.05) is 18.2 Å². The van der Waals surface area contributed by atoms with Crippen LogP contribution in [0.3, 0.4) is 0 Å². The van der Waals surface area contributed by atoms with E-state index in [0.29, 0.717) is 5.92 Å². The van der Waals surface area contributed by atoms with E-state index < -0.39 is 0 Å². The molecule has 20 heavy (non-hydrogen) atoms. The summed E-state index contributed by atoms with van der Waals surface area (Å²) in [5.74, 6) is 2.28. The van der Waals surface area contributed by atoms with Gasteiger partial charge in [-0.05, 0) is 41.8 Å². The van der Waals surface area contributed by atoms with E-state index >= 15 is 0 Å². The van der Waals surface area contributed by atoms with E-state index in [-0.39, 0.29) is 0 Å². The molecule has 1 aliphatic heterocycles. The van der Waals surface area contributed by atoms with Crippen molar-refractivity contribution in [3.8, 4) is 11.5 Å². The van der Waals surface area contributed by atoms with Crippen LogP contribution in [0.25, 0.3) is 0 Å². The van der Waals surface area contributed by atoms with Crippen molar-refractivity contribution in [1.29, 1.82) is 0 Å². The molecular weight excluding hydrogens is 250 g/mol. The number of fused-ring (bicyclic) bond motifs is 1. The largest absolute Gasteiger partial charge is 0.497 e. The van der Waals surface area contributed by atoms with Crippen molar-refractivity contribution >= 4 is 5.69 Å². The molecule has 0 saturated heterocycles. The van der Waals surface area contributed by atoms with Gasteiger partial charge in [0.25, 0.3) is 0 Å². The zero-order chi connectivity index (χ0) is 13.9. The summed E-state index contributed by atoms with van der Waals surface area (Å²) < 4.78 is 10.8. The van der Waals surface area contributed by atoms with E-state index in [9.17, 15) is 0 Å². The molecule has 0 amide bonds. The lowest BCUT2D eigenvalue weighted by Crippen LogP contribution is -2.06. The highest BCUT2D eigenvalue weighted by molar-refractivity contribution is 5.58. The van der Waals surface area contributed by atoms with Crippen LogP contribution in [0, 0.1) is 0 Å². The molecular formula is C17H19NO2. The molecule has 0 saturated carbocycles. The Hall–Kier alpha value is -2.16. The van der Waals surface area contributed by atoms with Crippen LogP contribution in [0.5, 0.6) is 11.5 Å². The van der Waals surface area contributed by atoms with Gasteiger partial charge in [-0.1, -0.05) is 18.2 Å². The van der Waals surface area contributed by atoms with Crippen molar-refractivity contribution in [1.82, 2.24) is 0 Å². The molecule has 0 radical (unpaired) electrons. The maximum Gasteiger partial charge on any atom is 0.122 e. The average Bonchev–Trinajstić information content (AvgIpc) is 2.90. The van der Waals surface area contributed by atoms with Crippen molar-refractivity contribution in [2.75, 3.05) is 26.1 Å². The predicted octanol–water partition coefficient (Wildman–Crippen LogP) is 3.46. The summed E-state index contributed by atoms with van der Waals surface area (Å²) in [5, 5.41) is 3.46. The smallest absolute Gasteiger partial charge is 0.122 e. The molecule has 104 valence electrons. The minimum absolute atomic E-state index is 0.479. The lowest BCUT2D eigenvalue weighted by atomic mass is 9.93. The second-order valence-corrected chi connectivity index (χ2v) is 5.05. The highest BCUT2D eigenvalue weighted by atomic mass is 16.5. The minimum atomic E-state index is 0.479. The van der Waals surface area contributed by atoms with Crippen molar-refractivity contribution in [3.05, 3.63) is 53.6 Å². The maximum atomic E-state index is 5.47. The zero-order valence-electron chi connectivity index (χ0n) is 11.8. The van der Waals surface area contributed by atoms with Crippen LogP contribution < -0.4 is 14.8 Å². The molecule has 2 aromatic carbocycles. The summed E-state index contributed by atoms with van der Waals surface area (Å²) >= 11 is 0. The Labute approximate surface area is 119 Å². The molecule has 0 fully saturated rings. The van der Waals surface area contributed by atoms with Gasteiger partial charge in [0.1, 0.15) is 11.5 Å². The molecule has 0 aromatic heterocycles. The first-order valence-electron chi connectivity index (χ1n) is 6.85. The first kappa shape index (κ1) is 12.9. The normalized spacial score (nSPS) is 16.4. The topological polar surface area (TPSA) is 30.5 Å². The summed E-state index contributed by atoms with van der Waals surface area (Å²) in [6.07, 6.45) is 0.949. The molecule has 1 heterocycles. The number of methoxy groups -OCH3 is 2. The molecule has 3 nitrogen and oxygen atoms in total. The Bertz CT molecular complexity index is 610. The molecule has 1 unspecified atom stereocenters. The Morgan fingerprint density at radius 3 is 2.75 bits per heavy atom. The highest BCUT2D eigenvalue weighted by Gasteiger charge is 2.23. The Morgan fingerprint density at radius 1 is 1.10 bits per heavy atom. The minimum Gasteiger partial charge on any atom is -0.497 e. The molecule has 1 aliphatic rings. The van der Waals surface area contributed by atoms with Gasteiger partial charge in [0.05, 0.1) is 14.2 Å². The fourth-order valence-electron chi connectivity index (χ4n) is 2.85. The van der Waals surface area contributed by atoms with Crippen molar-refractivity contribution < 1.29 is 9.47 Å². The van der Waals surface area contributed by atoms with E-state index in [0.717, 1.165) is 24.5 Å². The van der Waals surface area contributed by atoms with Crippen LogP contribution in [-0.2, 0) is 6.42 Å². The zero-order valence-corrected chi connectivity index (χ0v) is 11.8. The van der Waals surface area contributed by atoms with Gasteiger partial charge < -0.3 is 14.8 Å². The van der Waals surface area contributed by atoms with Gasteiger partial charge in [-0.3, -0.25) is 0 Å². The van der Waals surface area contributed by atoms with Gasteiger partial charge in [0.15, 0.2) is 0 Å². The molecule has 3 rings (SSSR count). The fourth-order valence-corrected chi connectivity index (χ4v) is 2.85. The number of benzene rings is 2. The summed E-state index contributed by atoms with van der Waals surface area (Å²) in [7, 11) is 3.41. The third kappa shape index (κ3) is 2.31. The lowest BCUT2D eigenvalue weighted by Gasteiger charge is -2.14. The predicted molar refractivity (Wildman–Crippen MR) is 80.9 cm³/mol. The summed E-state index contributed by atoms with van der Waals surface area (Å²) in [4.78, 5) is 0. The van der Waals surface area contributed by atoms with Crippen LogP contribution in [-0.4, -0.2) is 20.8 Å². The van der Waals surface area contributed by atoms with E-state index in [1.807, 2.05) is 12.1 Å². The number of nitrogens with one attached hydrogen (secondary N) is 1. The second kappa shape index (κ2) is 5.45. The van der Waals surface area contributed by atoms with Crippen molar-refractivity contribution in [3.63, 3.8) is 0 Å². The summed E-state index contributed by atoms with van der Waals surface area (Å²) in [6, 6.07) is 14.5. The molecule has 0 bridgehead atoms. The molecule has 1 atom stereocenters. The van der Waals surface area contributed by atoms with Crippen LogP contribution in [0.15, 0.2) is 42.5 Å². The first-order chi connectivity index (χ1) is 9.81. The number of rotatable bonds is 4. The number of anilines is 1. The molecule has 3 heteroatoms. The van der Waals surface area contributed by atoms with Crippen LogP contribution in [0.1, 0.15) is 17.0 Å². The second-order valence-electron chi connectivity index (χ2n) is 5.05. The third-order valence-corrected chi connectivity index (χ3v) is 3.89. The van der Waals surface area contributed by atoms with Crippen LogP contribution in [0.4, 0.5) is 5.69 Å². The van der Waals surface area contributed by atoms with Crippen LogP contribution in [0.2, 0.25) is 0 Å². The maximum absolute atomic E-state index is 5.47. The molecule has 2 aromatic rings. The number of para-hydroxylation sites is 1. The van der Waals surface area contributed by atoms with Crippen molar-refractivity contribution in [2.24, 2.45) is 0 Å². The first-order valence-corrected chi connectivity index (χ1v) is 6.85. The molecule has 1 N–H and O–H groups in total. The monoisotopic (exact) mass is 269 g/mol. The Kier molecular flexibility index (Phi) is 3.50. The highest BCUT2D eigenvalue weighted by Crippen LogP contribution is 2.36. The Morgan fingerprint density at radius 2 is 1.95 bits per heavy atom. The van der Waals surface area contributed by atoms with Gasteiger partial charge in [-0.15, -0.1) is 0 Å². The summed E-state index contributed by atoms with van der Waals surface area (Å²) in [6.45, 7) is 0.972. The third-order valence-electron chi connectivity index (χ3n) is 3.89. The summed E-state index contributed by atoms with van der Waals surface area (Å²) in [5.41, 5.74) is 3.83.